The Morgan fingerprint density at radius 2 is 2.00 bits per heavy atom. The average Bonchev–Trinajstić information content (AvgIpc) is 2.45. The molecule has 1 N–H and O–H groups in total. The summed E-state index contributed by atoms with van der Waals surface area (Å²) < 4.78 is 0. The summed E-state index contributed by atoms with van der Waals surface area (Å²) >= 11 is 1.87. The zero-order valence-electron chi connectivity index (χ0n) is 14.3. The van der Waals surface area contributed by atoms with Crippen LogP contribution in [0, 0.1) is 12.8 Å². The van der Waals surface area contributed by atoms with Crippen LogP contribution in [0.25, 0.3) is 0 Å². The first-order valence-corrected chi connectivity index (χ1v) is 9.06. The molecular weight excluding hydrogens is 278 g/mol. The van der Waals surface area contributed by atoms with Crippen LogP contribution in [0.2, 0.25) is 0 Å². The molecule has 120 valence electrons. The molecule has 0 bridgehead atoms. The lowest BCUT2D eigenvalue weighted by molar-refractivity contribution is 0.324. The lowest BCUT2D eigenvalue weighted by Gasteiger charge is -2.17. The van der Waals surface area contributed by atoms with Gasteiger partial charge in [-0.1, -0.05) is 33.8 Å². The molecule has 0 saturated carbocycles. The molecule has 0 atom stereocenters. The molecule has 0 unspecified atom stereocenters. The third-order valence-corrected chi connectivity index (χ3v) is 4.60. The van der Waals surface area contributed by atoms with Crippen molar-refractivity contribution < 1.29 is 0 Å². The van der Waals surface area contributed by atoms with Gasteiger partial charge in [-0.25, -0.2) is 4.98 Å². The summed E-state index contributed by atoms with van der Waals surface area (Å²) in [6, 6.07) is 2.26. The second-order valence-corrected chi connectivity index (χ2v) is 6.95. The van der Waals surface area contributed by atoms with Crippen molar-refractivity contribution in [2.75, 3.05) is 31.9 Å². The molecule has 0 spiro atoms. The summed E-state index contributed by atoms with van der Waals surface area (Å²) in [5.41, 5.74) is 2.57. The van der Waals surface area contributed by atoms with E-state index < -0.39 is 0 Å². The fourth-order valence-corrected chi connectivity index (χ4v) is 3.14. The molecule has 0 aliphatic rings. The fourth-order valence-electron chi connectivity index (χ4n) is 2.18. The number of pyridine rings is 1. The summed E-state index contributed by atoms with van der Waals surface area (Å²) in [4.78, 5) is 7.08. The van der Waals surface area contributed by atoms with Crippen LogP contribution in [0.5, 0.6) is 0 Å². The van der Waals surface area contributed by atoms with E-state index >= 15 is 0 Å². The Bertz CT molecular complexity index is 403. The van der Waals surface area contributed by atoms with Gasteiger partial charge in [0.05, 0.1) is 5.03 Å². The summed E-state index contributed by atoms with van der Waals surface area (Å²) in [6.45, 7) is 16.4. The average molecular weight is 310 g/mol. The lowest BCUT2D eigenvalue weighted by Crippen LogP contribution is -2.25. The van der Waals surface area contributed by atoms with Crippen molar-refractivity contribution in [3.8, 4) is 0 Å². The normalized spacial score (nSPS) is 11.6. The van der Waals surface area contributed by atoms with Crippen molar-refractivity contribution in [2.45, 2.75) is 46.2 Å². The van der Waals surface area contributed by atoms with Gasteiger partial charge in [-0.3, -0.25) is 0 Å². The monoisotopic (exact) mass is 309 g/mol. The summed E-state index contributed by atoms with van der Waals surface area (Å²) in [6.07, 6.45) is 2.01. The molecule has 1 rings (SSSR count). The number of hydrogen-bond acceptors (Lipinski definition) is 4. The zero-order valence-corrected chi connectivity index (χ0v) is 15.1. The molecule has 1 heterocycles. The number of aryl methyl sites for hydroxylation is 1. The Kier molecular flexibility index (Phi) is 8.97. The van der Waals surface area contributed by atoms with Crippen molar-refractivity contribution in [3.63, 3.8) is 0 Å². The van der Waals surface area contributed by atoms with E-state index in [-0.39, 0.29) is 0 Å². The van der Waals surface area contributed by atoms with Gasteiger partial charge >= 0.3 is 0 Å². The maximum atomic E-state index is 4.63. The predicted octanol–water partition coefficient (Wildman–Crippen LogP) is 3.57. The van der Waals surface area contributed by atoms with E-state index in [1.165, 1.54) is 16.2 Å². The van der Waals surface area contributed by atoms with Crippen LogP contribution < -0.4 is 5.32 Å². The van der Waals surface area contributed by atoms with Gasteiger partial charge in [0.15, 0.2) is 0 Å². The summed E-state index contributed by atoms with van der Waals surface area (Å²) in [5.74, 6) is 1.80. The molecule has 0 aromatic carbocycles. The number of hydrogen-bond donors (Lipinski definition) is 1. The second-order valence-electron chi connectivity index (χ2n) is 5.87. The summed E-state index contributed by atoms with van der Waals surface area (Å²) in [7, 11) is 0. The smallest absolute Gasteiger partial charge is 0.0989 e. The van der Waals surface area contributed by atoms with Gasteiger partial charge in [-0.2, -0.15) is 0 Å². The van der Waals surface area contributed by atoms with Crippen molar-refractivity contribution in [2.24, 2.45) is 5.92 Å². The zero-order chi connectivity index (χ0) is 15.7. The first-order valence-electron chi connectivity index (χ1n) is 8.08. The van der Waals surface area contributed by atoms with Crippen molar-refractivity contribution in [1.29, 1.82) is 0 Å². The van der Waals surface area contributed by atoms with Crippen LogP contribution in [0.15, 0.2) is 17.3 Å². The minimum Gasteiger partial charge on any atom is -0.312 e. The first-order chi connectivity index (χ1) is 10.1. The number of thioether (sulfide) groups is 1. The highest BCUT2D eigenvalue weighted by Crippen LogP contribution is 2.20. The van der Waals surface area contributed by atoms with Crippen LogP contribution >= 0.6 is 11.8 Å². The van der Waals surface area contributed by atoms with Crippen LogP contribution in [0.1, 0.15) is 38.8 Å². The third-order valence-electron chi connectivity index (χ3n) is 3.51. The second kappa shape index (κ2) is 10.2. The van der Waals surface area contributed by atoms with E-state index in [0.29, 0.717) is 5.92 Å². The standard InChI is InChI=1S/C17H31N3S/c1-6-20(7-2)8-9-21-17-15(5)10-16(13-19-17)12-18-11-14(3)4/h10,13-14,18H,6-9,11-12H2,1-5H3. The van der Waals surface area contributed by atoms with Crippen LogP contribution in [-0.4, -0.2) is 41.8 Å². The van der Waals surface area contributed by atoms with Gasteiger partial charge < -0.3 is 10.2 Å². The Morgan fingerprint density at radius 3 is 2.57 bits per heavy atom. The number of nitrogens with one attached hydrogen (secondary N) is 1. The lowest BCUT2D eigenvalue weighted by atomic mass is 10.2. The van der Waals surface area contributed by atoms with Gasteiger partial charge in [0, 0.05) is 25.0 Å². The quantitative estimate of drug-likeness (QED) is 0.669. The van der Waals surface area contributed by atoms with E-state index in [1.54, 1.807) is 0 Å². The Balaban J connectivity index is 2.43. The first kappa shape index (κ1) is 18.5. The molecule has 4 heteroatoms. The molecule has 3 nitrogen and oxygen atoms in total. The Morgan fingerprint density at radius 1 is 1.29 bits per heavy atom. The Hall–Kier alpha value is -0.580. The van der Waals surface area contributed by atoms with E-state index in [4.69, 9.17) is 0 Å². The van der Waals surface area contributed by atoms with E-state index in [9.17, 15) is 0 Å². The van der Waals surface area contributed by atoms with Crippen molar-refractivity contribution in [3.05, 3.63) is 23.4 Å². The van der Waals surface area contributed by atoms with Gasteiger partial charge in [-0.15, -0.1) is 11.8 Å². The van der Waals surface area contributed by atoms with E-state index in [2.05, 4.69) is 55.9 Å². The maximum Gasteiger partial charge on any atom is 0.0989 e. The molecule has 1 aromatic rings. The molecule has 0 radical (unpaired) electrons. The van der Waals surface area contributed by atoms with Gasteiger partial charge in [0.2, 0.25) is 0 Å². The molecule has 21 heavy (non-hydrogen) atoms. The van der Waals surface area contributed by atoms with Crippen LogP contribution in [0.3, 0.4) is 0 Å². The van der Waals surface area contributed by atoms with Gasteiger partial charge in [0.1, 0.15) is 0 Å². The minimum absolute atomic E-state index is 0.689. The molecular formula is C17H31N3S. The van der Waals surface area contributed by atoms with Crippen molar-refractivity contribution in [1.82, 2.24) is 15.2 Å². The molecule has 0 amide bonds. The van der Waals surface area contributed by atoms with Crippen molar-refractivity contribution >= 4 is 11.8 Å². The molecule has 0 aliphatic carbocycles. The fraction of sp³-hybridized carbons (Fsp3) is 0.706. The largest absolute Gasteiger partial charge is 0.312 e. The van der Waals surface area contributed by atoms with Crippen LogP contribution in [0.4, 0.5) is 0 Å². The molecule has 0 fully saturated rings. The molecule has 1 aromatic heterocycles. The Labute approximate surface area is 134 Å². The number of rotatable bonds is 10. The SMILES string of the molecule is CCN(CC)CCSc1ncc(CNCC(C)C)cc1C. The topological polar surface area (TPSA) is 28.2 Å². The molecule has 0 aliphatic heterocycles. The van der Waals surface area contributed by atoms with Crippen LogP contribution in [-0.2, 0) is 6.54 Å². The highest BCUT2D eigenvalue weighted by molar-refractivity contribution is 7.99. The number of nitrogens with zero attached hydrogens (tertiary/aromatic N) is 2. The highest BCUT2D eigenvalue weighted by Gasteiger charge is 2.05. The summed E-state index contributed by atoms with van der Waals surface area (Å²) in [5, 5.41) is 4.64. The predicted molar refractivity (Wildman–Crippen MR) is 94.0 cm³/mol. The van der Waals surface area contributed by atoms with Gasteiger partial charge in [0.25, 0.3) is 0 Å². The van der Waals surface area contributed by atoms with E-state index in [1.807, 2.05) is 18.0 Å². The third kappa shape index (κ3) is 7.30. The minimum atomic E-state index is 0.689. The number of aromatic nitrogens is 1. The molecule has 0 saturated heterocycles. The highest BCUT2D eigenvalue weighted by atomic mass is 32.2. The van der Waals surface area contributed by atoms with Gasteiger partial charge in [-0.05, 0) is 43.6 Å². The maximum absolute atomic E-state index is 4.63. The van der Waals surface area contributed by atoms with E-state index in [0.717, 1.165) is 38.5 Å².